The Balaban J connectivity index is 2.13. The molecule has 0 saturated heterocycles. The third-order valence-electron chi connectivity index (χ3n) is 2.73. The van der Waals surface area contributed by atoms with Gasteiger partial charge < -0.3 is 10.5 Å². The highest BCUT2D eigenvalue weighted by Crippen LogP contribution is 2.25. The van der Waals surface area contributed by atoms with Crippen molar-refractivity contribution in [3.63, 3.8) is 0 Å². The predicted octanol–water partition coefficient (Wildman–Crippen LogP) is 4.34. The lowest BCUT2D eigenvalue weighted by atomic mass is 10.2. The summed E-state index contributed by atoms with van der Waals surface area (Å²) in [5.74, 6) is 0.592. The molecule has 5 nitrogen and oxygen atoms in total. The zero-order chi connectivity index (χ0) is 16.8. The van der Waals surface area contributed by atoms with Crippen LogP contribution in [0.2, 0.25) is 10.0 Å². The number of nitrogens with one attached hydrogen (secondary N) is 1. The Morgan fingerprint density at radius 2 is 2.04 bits per heavy atom. The number of hydrogen-bond donors (Lipinski definition) is 2. The number of nitrogens with zero attached hydrogens (tertiary/aromatic N) is 1. The molecule has 0 aliphatic carbocycles. The molecule has 0 spiro atoms. The van der Waals surface area contributed by atoms with Crippen molar-refractivity contribution in [2.75, 3.05) is 0 Å². The fraction of sp³-hybridized carbons (Fsp3) is 0.0667. The average Bonchev–Trinajstić information content (AvgIpc) is 2.49. The van der Waals surface area contributed by atoms with Gasteiger partial charge in [0.05, 0.1) is 16.3 Å². The summed E-state index contributed by atoms with van der Waals surface area (Å²) < 4.78 is 6.62. The van der Waals surface area contributed by atoms with Crippen molar-refractivity contribution in [1.82, 2.24) is 5.43 Å². The van der Waals surface area contributed by atoms with Crippen molar-refractivity contribution >= 4 is 51.4 Å². The van der Waals surface area contributed by atoms with Crippen molar-refractivity contribution in [3.05, 3.63) is 62.0 Å². The highest BCUT2D eigenvalue weighted by molar-refractivity contribution is 9.10. The molecule has 0 saturated carbocycles. The minimum Gasteiger partial charge on any atom is -0.488 e. The summed E-state index contributed by atoms with van der Waals surface area (Å²) in [6.07, 6.45) is 1.44. The van der Waals surface area contributed by atoms with Gasteiger partial charge in [-0.25, -0.2) is 10.2 Å². The molecule has 0 fully saturated rings. The minimum atomic E-state index is -0.741. The maximum Gasteiger partial charge on any atom is 0.332 e. The maximum atomic E-state index is 10.6. The van der Waals surface area contributed by atoms with E-state index in [9.17, 15) is 4.79 Å². The molecular weight excluding hydrogens is 405 g/mol. The molecule has 2 aromatic carbocycles. The lowest BCUT2D eigenvalue weighted by Crippen LogP contribution is -2.24. The van der Waals surface area contributed by atoms with Gasteiger partial charge in [0.15, 0.2) is 0 Å². The Labute approximate surface area is 151 Å². The number of carbonyl (C=O) groups excluding carboxylic acids is 1. The first-order valence-corrected chi connectivity index (χ1v) is 7.95. The second-order valence-electron chi connectivity index (χ2n) is 4.45. The van der Waals surface area contributed by atoms with E-state index >= 15 is 0 Å². The number of amides is 2. The fourth-order valence-corrected chi connectivity index (χ4v) is 2.41. The van der Waals surface area contributed by atoms with Gasteiger partial charge in [-0.1, -0.05) is 45.2 Å². The van der Waals surface area contributed by atoms with E-state index < -0.39 is 6.03 Å². The summed E-state index contributed by atoms with van der Waals surface area (Å²) in [4.78, 5) is 10.6. The Hall–Kier alpha value is -1.76. The van der Waals surface area contributed by atoms with Crippen molar-refractivity contribution in [1.29, 1.82) is 0 Å². The van der Waals surface area contributed by atoms with Gasteiger partial charge in [0.1, 0.15) is 12.4 Å². The monoisotopic (exact) mass is 415 g/mol. The van der Waals surface area contributed by atoms with Crippen molar-refractivity contribution in [2.45, 2.75) is 6.61 Å². The van der Waals surface area contributed by atoms with E-state index in [4.69, 9.17) is 33.7 Å². The van der Waals surface area contributed by atoms with Crippen LogP contribution in [0.3, 0.4) is 0 Å². The molecule has 8 heteroatoms. The number of hydrazone groups is 1. The first-order chi connectivity index (χ1) is 11.0. The number of halogens is 3. The summed E-state index contributed by atoms with van der Waals surface area (Å²) in [5.41, 5.74) is 8.64. The number of carbonyl (C=O) groups is 1. The smallest absolute Gasteiger partial charge is 0.332 e. The number of benzene rings is 2. The van der Waals surface area contributed by atoms with Crippen LogP contribution in [-0.4, -0.2) is 12.2 Å². The number of rotatable bonds is 5. The predicted molar refractivity (Wildman–Crippen MR) is 95.2 cm³/mol. The summed E-state index contributed by atoms with van der Waals surface area (Å²) in [7, 11) is 0. The Morgan fingerprint density at radius 1 is 1.26 bits per heavy atom. The summed E-state index contributed by atoms with van der Waals surface area (Å²) >= 11 is 15.2. The maximum absolute atomic E-state index is 10.6. The second-order valence-corrected chi connectivity index (χ2v) is 6.18. The molecule has 2 rings (SSSR count). The molecule has 0 heterocycles. The molecule has 2 aromatic rings. The number of urea groups is 1. The number of hydrogen-bond acceptors (Lipinski definition) is 3. The second kappa shape index (κ2) is 8.19. The molecule has 120 valence electrons. The van der Waals surface area contributed by atoms with Gasteiger partial charge in [0.25, 0.3) is 0 Å². The first kappa shape index (κ1) is 17.6. The number of ether oxygens (including phenoxy) is 1. The SMILES string of the molecule is NC(=O)NN=Cc1cc(Br)ccc1OCc1ccc(Cl)c(Cl)c1. The largest absolute Gasteiger partial charge is 0.488 e. The molecule has 0 unspecified atom stereocenters. The summed E-state index contributed by atoms with van der Waals surface area (Å²) in [6.45, 7) is 0.308. The van der Waals surface area contributed by atoms with E-state index in [2.05, 4.69) is 26.5 Å². The van der Waals surface area contributed by atoms with Crippen LogP contribution in [0.25, 0.3) is 0 Å². The van der Waals surface area contributed by atoms with Crippen LogP contribution in [0.1, 0.15) is 11.1 Å². The fourth-order valence-electron chi connectivity index (χ4n) is 1.71. The average molecular weight is 417 g/mol. The van der Waals surface area contributed by atoms with Crippen LogP contribution in [-0.2, 0) is 6.61 Å². The third-order valence-corrected chi connectivity index (χ3v) is 3.96. The van der Waals surface area contributed by atoms with Crippen LogP contribution >= 0.6 is 39.1 Å². The lowest BCUT2D eigenvalue weighted by Gasteiger charge is -2.10. The van der Waals surface area contributed by atoms with Crippen molar-refractivity contribution in [3.8, 4) is 5.75 Å². The van der Waals surface area contributed by atoms with Crippen molar-refractivity contribution < 1.29 is 9.53 Å². The van der Waals surface area contributed by atoms with Gasteiger partial charge in [-0.15, -0.1) is 0 Å². The third kappa shape index (κ3) is 5.42. The van der Waals surface area contributed by atoms with Crippen LogP contribution in [0.5, 0.6) is 5.75 Å². The van der Waals surface area contributed by atoms with Gasteiger partial charge in [-0.05, 0) is 35.9 Å². The highest BCUT2D eigenvalue weighted by atomic mass is 79.9. The van der Waals surface area contributed by atoms with Crippen LogP contribution in [0.4, 0.5) is 4.79 Å². The van der Waals surface area contributed by atoms with Gasteiger partial charge >= 0.3 is 6.03 Å². The van der Waals surface area contributed by atoms with Crippen LogP contribution in [0.15, 0.2) is 46.0 Å². The van der Waals surface area contributed by atoms with E-state index in [-0.39, 0.29) is 0 Å². The molecule has 0 radical (unpaired) electrons. The molecular formula is C15H12BrCl2N3O2. The zero-order valence-electron chi connectivity index (χ0n) is 11.7. The molecule has 3 N–H and O–H groups in total. The van der Waals surface area contributed by atoms with E-state index in [0.29, 0.717) is 28.0 Å². The van der Waals surface area contributed by atoms with Crippen LogP contribution in [0, 0.1) is 0 Å². The Morgan fingerprint density at radius 3 is 2.74 bits per heavy atom. The van der Waals surface area contributed by atoms with E-state index in [1.54, 1.807) is 24.3 Å². The van der Waals surface area contributed by atoms with E-state index in [1.807, 2.05) is 12.1 Å². The summed E-state index contributed by atoms with van der Waals surface area (Å²) in [5, 5.41) is 4.69. The standard InChI is InChI=1S/C15H12BrCl2N3O2/c16-11-2-4-14(10(6-11)7-20-21-15(19)22)23-8-9-1-3-12(17)13(18)5-9/h1-7H,8H2,(H3,19,21,22). The molecule has 0 aliphatic heterocycles. The minimum absolute atomic E-state index is 0.308. The van der Waals surface area contributed by atoms with Crippen molar-refractivity contribution in [2.24, 2.45) is 10.8 Å². The topological polar surface area (TPSA) is 76.7 Å². The van der Waals surface area contributed by atoms with Gasteiger partial charge in [-0.2, -0.15) is 5.10 Å². The molecule has 0 aromatic heterocycles. The normalized spacial score (nSPS) is 10.7. The molecule has 0 atom stereocenters. The number of nitrogens with two attached hydrogens (primary N) is 1. The Kier molecular flexibility index (Phi) is 6.27. The molecule has 23 heavy (non-hydrogen) atoms. The Bertz CT molecular complexity index is 753. The zero-order valence-corrected chi connectivity index (χ0v) is 14.8. The van der Waals surface area contributed by atoms with E-state index in [1.165, 1.54) is 6.21 Å². The molecule has 0 aliphatic rings. The quantitative estimate of drug-likeness (QED) is 0.561. The highest BCUT2D eigenvalue weighted by Gasteiger charge is 2.05. The molecule has 0 bridgehead atoms. The molecule has 2 amide bonds. The van der Waals surface area contributed by atoms with Gasteiger partial charge in [0.2, 0.25) is 0 Å². The van der Waals surface area contributed by atoms with Crippen LogP contribution < -0.4 is 15.9 Å². The number of primary amides is 1. The van der Waals surface area contributed by atoms with E-state index in [0.717, 1.165) is 10.0 Å². The first-order valence-electron chi connectivity index (χ1n) is 6.40. The van der Waals surface area contributed by atoms with Gasteiger partial charge in [-0.3, -0.25) is 0 Å². The lowest BCUT2D eigenvalue weighted by molar-refractivity contribution is 0.249. The van der Waals surface area contributed by atoms with Gasteiger partial charge in [0, 0.05) is 10.0 Å². The summed E-state index contributed by atoms with van der Waals surface area (Å²) in [6, 6.07) is 9.96.